The lowest BCUT2D eigenvalue weighted by atomic mass is 10.1. The maximum absolute atomic E-state index is 12.3. The summed E-state index contributed by atoms with van der Waals surface area (Å²) in [7, 11) is -3.83. The first-order chi connectivity index (χ1) is 9.79. The Labute approximate surface area is 127 Å². The lowest BCUT2D eigenvalue weighted by Crippen LogP contribution is -2.14. The molecule has 110 valence electrons. The van der Waals surface area contributed by atoms with Crippen molar-refractivity contribution in [1.82, 2.24) is 0 Å². The molecule has 0 heterocycles. The molecule has 5 nitrogen and oxygen atoms in total. The van der Waals surface area contributed by atoms with Crippen molar-refractivity contribution in [2.75, 3.05) is 4.72 Å². The van der Waals surface area contributed by atoms with Gasteiger partial charge in [-0.05, 0) is 48.9 Å². The highest BCUT2D eigenvalue weighted by Gasteiger charge is 2.21. The molecular weight excluding hydrogens is 314 g/mol. The van der Waals surface area contributed by atoms with E-state index in [0.717, 1.165) is 0 Å². The van der Waals surface area contributed by atoms with Crippen molar-refractivity contribution in [3.63, 3.8) is 0 Å². The van der Waals surface area contributed by atoms with Gasteiger partial charge in [-0.3, -0.25) is 4.72 Å². The fraction of sp³-hybridized carbons (Fsp3) is 0.0714. The van der Waals surface area contributed by atoms with E-state index in [1.807, 2.05) is 0 Å². The van der Waals surface area contributed by atoms with E-state index in [1.165, 1.54) is 30.3 Å². The van der Waals surface area contributed by atoms with E-state index < -0.39 is 16.0 Å². The monoisotopic (exact) mass is 326 g/mol. The molecule has 0 amide bonds. The summed E-state index contributed by atoms with van der Waals surface area (Å²) in [5, 5.41) is 7.63. The van der Waals surface area contributed by atoms with Crippen molar-refractivity contribution in [2.45, 2.75) is 11.8 Å². The summed E-state index contributed by atoms with van der Waals surface area (Å²) in [5.41, 5.74) is 0.980. The van der Waals surface area contributed by atoms with Gasteiger partial charge in [0.2, 0.25) is 0 Å². The predicted octanol–water partition coefficient (Wildman–Crippen LogP) is 2.31. The Kier molecular flexibility index (Phi) is 4.20. The summed E-state index contributed by atoms with van der Waals surface area (Å²) in [6.45, 7) is 1.64. The van der Waals surface area contributed by atoms with E-state index >= 15 is 0 Å². The van der Waals surface area contributed by atoms with Crippen molar-refractivity contribution in [3.8, 4) is 0 Å². The Hall–Kier alpha value is -2.05. The highest BCUT2D eigenvalue weighted by molar-refractivity contribution is 7.92. The molecule has 2 aromatic carbocycles. The Morgan fingerprint density at radius 1 is 1.14 bits per heavy atom. The molecule has 0 unspecified atom stereocenters. The van der Waals surface area contributed by atoms with Crippen LogP contribution >= 0.6 is 11.6 Å². The SMILES string of the molecule is Cc1ccc(S(=O)(=O)Nc2ccc(Cl)cc2)cc1C(=O)[OH2+]. The van der Waals surface area contributed by atoms with Crippen LogP contribution in [0.1, 0.15) is 15.9 Å². The number of sulfonamides is 1. The third-order valence-corrected chi connectivity index (χ3v) is 4.49. The van der Waals surface area contributed by atoms with Gasteiger partial charge in [0.25, 0.3) is 10.0 Å². The summed E-state index contributed by atoms with van der Waals surface area (Å²) in [6.07, 6.45) is 0. The maximum atomic E-state index is 12.3. The quantitative estimate of drug-likeness (QED) is 0.875. The molecule has 2 rings (SSSR count). The van der Waals surface area contributed by atoms with E-state index in [1.54, 1.807) is 19.1 Å². The van der Waals surface area contributed by atoms with Crippen molar-refractivity contribution < 1.29 is 18.3 Å². The topological polar surface area (TPSA) is 86.1 Å². The largest absolute Gasteiger partial charge is 0.561 e. The van der Waals surface area contributed by atoms with Gasteiger partial charge in [-0.1, -0.05) is 17.7 Å². The molecule has 0 aliphatic rings. The lowest BCUT2D eigenvalue weighted by Gasteiger charge is -2.09. The average Bonchev–Trinajstić information content (AvgIpc) is 2.41. The van der Waals surface area contributed by atoms with Crippen molar-refractivity contribution in [2.24, 2.45) is 0 Å². The smallest absolute Gasteiger partial charge is 0.549 e. The van der Waals surface area contributed by atoms with Crippen LogP contribution in [0.25, 0.3) is 0 Å². The first kappa shape index (κ1) is 15.3. The fourth-order valence-electron chi connectivity index (χ4n) is 1.74. The van der Waals surface area contributed by atoms with Crippen LogP contribution in [0.3, 0.4) is 0 Å². The minimum atomic E-state index is -3.83. The molecule has 3 N–H and O–H groups in total. The van der Waals surface area contributed by atoms with E-state index in [0.29, 0.717) is 16.3 Å². The minimum Gasteiger partial charge on any atom is -0.561 e. The van der Waals surface area contributed by atoms with E-state index in [9.17, 15) is 13.2 Å². The zero-order valence-electron chi connectivity index (χ0n) is 11.1. The number of carbonyl (C=O) groups is 1. The fourth-order valence-corrected chi connectivity index (χ4v) is 2.96. The number of aryl methyl sites for hydroxylation is 1. The molecular formula is C14H13ClNO4S+. The van der Waals surface area contributed by atoms with Gasteiger partial charge >= 0.3 is 5.97 Å². The van der Waals surface area contributed by atoms with Crippen LogP contribution in [0.4, 0.5) is 5.69 Å². The molecule has 0 aliphatic carbocycles. The van der Waals surface area contributed by atoms with Crippen LogP contribution in [0.5, 0.6) is 0 Å². The van der Waals surface area contributed by atoms with Crippen LogP contribution in [0.2, 0.25) is 5.02 Å². The molecule has 0 aliphatic heterocycles. The van der Waals surface area contributed by atoms with Crippen LogP contribution in [0, 0.1) is 6.92 Å². The van der Waals surface area contributed by atoms with Gasteiger partial charge in [-0.2, -0.15) is 0 Å². The molecule has 0 saturated heterocycles. The van der Waals surface area contributed by atoms with Crippen LogP contribution < -0.4 is 4.72 Å². The van der Waals surface area contributed by atoms with Crippen LogP contribution in [-0.2, 0) is 10.0 Å². The van der Waals surface area contributed by atoms with Gasteiger partial charge in [0.15, 0.2) is 0 Å². The molecule has 2 aromatic rings. The third-order valence-electron chi connectivity index (χ3n) is 2.86. The lowest BCUT2D eigenvalue weighted by molar-refractivity contribution is 0.0696. The average molecular weight is 327 g/mol. The molecule has 0 atom stereocenters. The van der Waals surface area contributed by atoms with Crippen molar-refractivity contribution in [1.29, 1.82) is 0 Å². The van der Waals surface area contributed by atoms with E-state index in [4.69, 9.17) is 16.7 Å². The molecule has 0 bridgehead atoms. The Bertz CT molecular complexity index is 785. The van der Waals surface area contributed by atoms with Crippen LogP contribution in [0.15, 0.2) is 47.4 Å². The first-order valence-electron chi connectivity index (χ1n) is 5.94. The maximum Gasteiger partial charge on any atom is 0.549 e. The minimum absolute atomic E-state index is 0.0639. The number of halogens is 1. The zero-order chi connectivity index (χ0) is 15.6. The van der Waals surface area contributed by atoms with Crippen molar-refractivity contribution >= 4 is 33.3 Å². The highest BCUT2D eigenvalue weighted by atomic mass is 35.5. The number of carbonyl (C=O) groups excluding carboxylic acids is 1. The third kappa shape index (κ3) is 3.53. The Morgan fingerprint density at radius 2 is 1.76 bits per heavy atom. The van der Waals surface area contributed by atoms with Gasteiger partial charge in [0.05, 0.1) is 4.90 Å². The number of hydrogen-bond donors (Lipinski definition) is 1. The second kappa shape index (κ2) is 5.75. The summed E-state index contributed by atoms with van der Waals surface area (Å²) in [5.74, 6) is -0.920. The molecule has 21 heavy (non-hydrogen) atoms. The molecule has 0 fully saturated rings. The van der Waals surface area contributed by atoms with E-state index in [2.05, 4.69) is 4.72 Å². The summed E-state index contributed by atoms with van der Waals surface area (Å²) >= 11 is 5.74. The summed E-state index contributed by atoms with van der Waals surface area (Å²) in [6, 6.07) is 10.3. The predicted molar refractivity (Wildman–Crippen MR) is 81.4 cm³/mol. The standard InChI is InChI=1S/C14H12ClNO4S/c1-9-2-7-12(8-13(9)14(17)18)21(19,20)16-11-5-3-10(15)4-6-11/h2-8,16H,1H3,(H,17,18)/p+1. The normalized spacial score (nSPS) is 11.1. The van der Waals surface area contributed by atoms with Gasteiger partial charge in [0, 0.05) is 15.5 Å². The molecule has 0 spiro atoms. The van der Waals surface area contributed by atoms with Gasteiger partial charge in [0.1, 0.15) is 5.56 Å². The number of anilines is 1. The molecule has 0 radical (unpaired) electrons. The number of benzene rings is 2. The first-order valence-corrected chi connectivity index (χ1v) is 7.81. The van der Waals surface area contributed by atoms with Gasteiger partial charge in [-0.25, -0.2) is 8.42 Å². The van der Waals surface area contributed by atoms with Gasteiger partial charge in [-0.15, -0.1) is 0 Å². The number of hydrogen-bond acceptors (Lipinski definition) is 3. The number of nitrogens with one attached hydrogen (secondary N) is 1. The zero-order valence-corrected chi connectivity index (χ0v) is 12.6. The molecule has 7 heteroatoms. The van der Waals surface area contributed by atoms with Crippen molar-refractivity contribution in [3.05, 3.63) is 58.6 Å². The second-order valence-electron chi connectivity index (χ2n) is 4.42. The second-order valence-corrected chi connectivity index (χ2v) is 6.54. The Morgan fingerprint density at radius 3 is 2.33 bits per heavy atom. The van der Waals surface area contributed by atoms with Crippen LogP contribution in [-0.4, -0.2) is 19.5 Å². The molecule has 0 saturated carbocycles. The van der Waals surface area contributed by atoms with E-state index in [-0.39, 0.29) is 10.5 Å². The van der Waals surface area contributed by atoms with Gasteiger partial charge < -0.3 is 5.11 Å². The number of rotatable bonds is 4. The summed E-state index contributed by atoms with van der Waals surface area (Å²) in [4.78, 5) is 11.1. The highest BCUT2D eigenvalue weighted by Crippen LogP contribution is 2.20. The molecule has 0 aromatic heterocycles. The Balaban J connectivity index is 2.38. The summed E-state index contributed by atoms with van der Waals surface area (Å²) < 4.78 is 26.9.